The molecule has 0 unspecified atom stereocenters. The highest BCUT2D eigenvalue weighted by molar-refractivity contribution is 5.08. The molecule has 3 nitrogen and oxygen atoms in total. The van der Waals surface area contributed by atoms with Gasteiger partial charge in [-0.1, -0.05) is 6.92 Å². The van der Waals surface area contributed by atoms with E-state index in [1.807, 2.05) is 10.9 Å². The normalized spacial score (nSPS) is 18.6. The van der Waals surface area contributed by atoms with Crippen LogP contribution in [0.1, 0.15) is 31.7 Å². The largest absolute Gasteiger partial charge is 0.314 e. The molecule has 14 heavy (non-hydrogen) atoms. The highest BCUT2D eigenvalue weighted by atomic mass is 15.3. The van der Waals surface area contributed by atoms with Crippen LogP contribution >= 0.6 is 0 Å². The van der Waals surface area contributed by atoms with Gasteiger partial charge in [-0.05, 0) is 31.2 Å². The molecule has 0 N–H and O–H groups in total. The zero-order valence-electron chi connectivity index (χ0n) is 8.53. The molecule has 2 rings (SSSR count). The summed E-state index contributed by atoms with van der Waals surface area (Å²) in [4.78, 5) is 3.53. The van der Waals surface area contributed by atoms with Crippen molar-refractivity contribution in [2.75, 3.05) is 6.54 Å². The lowest BCUT2D eigenvalue weighted by molar-refractivity contribution is 0.145. The second kappa shape index (κ2) is 3.45. The third-order valence-corrected chi connectivity index (χ3v) is 3.19. The molecular formula is C11H15N3. The van der Waals surface area contributed by atoms with E-state index in [1.54, 1.807) is 0 Å². The Bertz CT molecular complexity index is 355. The zero-order valence-corrected chi connectivity index (χ0v) is 8.53. The Balaban J connectivity index is 2.23. The summed E-state index contributed by atoms with van der Waals surface area (Å²) >= 11 is 0. The fourth-order valence-corrected chi connectivity index (χ4v) is 1.99. The first-order chi connectivity index (χ1) is 6.80. The van der Waals surface area contributed by atoms with Gasteiger partial charge in [-0.25, -0.2) is 6.57 Å². The van der Waals surface area contributed by atoms with E-state index >= 15 is 0 Å². The average Bonchev–Trinajstić information content (AvgIpc) is 2.59. The Morgan fingerprint density at radius 3 is 2.86 bits per heavy atom. The van der Waals surface area contributed by atoms with Crippen LogP contribution in [-0.2, 0) is 12.0 Å². The molecule has 0 amide bonds. The van der Waals surface area contributed by atoms with Crippen molar-refractivity contribution in [3.8, 4) is 0 Å². The SMILES string of the molecule is [C-]#[N+]CC1(n2cc(CC)cn2)CCC1. The van der Waals surface area contributed by atoms with E-state index < -0.39 is 0 Å². The van der Waals surface area contributed by atoms with Gasteiger partial charge in [0.05, 0.1) is 6.20 Å². The van der Waals surface area contributed by atoms with Gasteiger partial charge in [0.1, 0.15) is 5.54 Å². The lowest BCUT2D eigenvalue weighted by Gasteiger charge is -2.37. The van der Waals surface area contributed by atoms with Crippen LogP contribution in [0.5, 0.6) is 0 Å². The standard InChI is InChI=1S/C11H15N3/c1-3-10-7-13-14(8-10)11(9-12-2)5-4-6-11/h7-8H,3-6,9H2,1H3. The van der Waals surface area contributed by atoms with Gasteiger partial charge in [0.15, 0.2) is 0 Å². The second-order valence-electron chi connectivity index (χ2n) is 4.04. The van der Waals surface area contributed by atoms with Gasteiger partial charge in [-0.2, -0.15) is 5.10 Å². The highest BCUT2D eigenvalue weighted by Crippen LogP contribution is 2.39. The molecule has 0 radical (unpaired) electrons. The van der Waals surface area contributed by atoms with Crippen molar-refractivity contribution in [2.24, 2.45) is 0 Å². The molecule has 0 aliphatic heterocycles. The molecule has 1 aliphatic rings. The summed E-state index contributed by atoms with van der Waals surface area (Å²) in [7, 11) is 0. The van der Waals surface area contributed by atoms with Crippen LogP contribution < -0.4 is 0 Å². The highest BCUT2D eigenvalue weighted by Gasteiger charge is 2.42. The minimum atomic E-state index is 0.0369. The molecule has 74 valence electrons. The maximum Gasteiger partial charge on any atom is 0.239 e. The van der Waals surface area contributed by atoms with Crippen LogP contribution in [0.4, 0.5) is 0 Å². The number of aryl methyl sites for hydroxylation is 1. The predicted octanol–water partition coefficient (Wildman–Crippen LogP) is 2.24. The van der Waals surface area contributed by atoms with Crippen molar-refractivity contribution in [1.29, 1.82) is 0 Å². The van der Waals surface area contributed by atoms with Crippen molar-refractivity contribution in [3.05, 3.63) is 29.4 Å². The third kappa shape index (κ3) is 1.31. The van der Waals surface area contributed by atoms with Crippen LogP contribution in [0.25, 0.3) is 4.85 Å². The number of aromatic nitrogens is 2. The molecule has 3 heteroatoms. The molecule has 1 aromatic heterocycles. The smallest absolute Gasteiger partial charge is 0.239 e. The quantitative estimate of drug-likeness (QED) is 0.668. The molecule has 1 heterocycles. The van der Waals surface area contributed by atoms with Gasteiger partial charge in [-0.3, -0.25) is 4.68 Å². The summed E-state index contributed by atoms with van der Waals surface area (Å²) in [6.07, 6.45) is 8.50. The lowest BCUT2D eigenvalue weighted by atomic mass is 9.77. The number of rotatable bonds is 3. The van der Waals surface area contributed by atoms with E-state index in [4.69, 9.17) is 6.57 Å². The summed E-state index contributed by atoms with van der Waals surface area (Å²) in [5.41, 5.74) is 1.30. The molecule has 1 fully saturated rings. The Labute approximate surface area is 84.6 Å². The van der Waals surface area contributed by atoms with E-state index in [1.165, 1.54) is 12.0 Å². The summed E-state index contributed by atoms with van der Waals surface area (Å²) in [5.74, 6) is 0. The number of nitrogens with zero attached hydrogens (tertiary/aromatic N) is 3. The summed E-state index contributed by atoms with van der Waals surface area (Å²) in [6.45, 7) is 9.69. The van der Waals surface area contributed by atoms with E-state index in [0.717, 1.165) is 19.3 Å². The van der Waals surface area contributed by atoms with Crippen molar-refractivity contribution >= 4 is 0 Å². The summed E-state index contributed by atoms with van der Waals surface area (Å²) in [5, 5.41) is 4.37. The maximum absolute atomic E-state index is 6.98. The Hall–Kier alpha value is -1.30. The fraction of sp³-hybridized carbons (Fsp3) is 0.636. The molecule has 0 aromatic carbocycles. The first-order valence-electron chi connectivity index (χ1n) is 5.18. The van der Waals surface area contributed by atoms with Crippen molar-refractivity contribution in [3.63, 3.8) is 0 Å². The van der Waals surface area contributed by atoms with Gasteiger partial charge in [0.25, 0.3) is 0 Å². The van der Waals surface area contributed by atoms with Crippen LogP contribution in [0.2, 0.25) is 0 Å². The molecule has 1 aromatic rings. The Morgan fingerprint density at radius 2 is 2.43 bits per heavy atom. The summed E-state index contributed by atoms with van der Waals surface area (Å²) < 4.78 is 2.02. The topological polar surface area (TPSA) is 22.2 Å². The molecule has 0 spiro atoms. The Kier molecular flexibility index (Phi) is 2.28. The van der Waals surface area contributed by atoms with E-state index in [-0.39, 0.29) is 5.54 Å². The van der Waals surface area contributed by atoms with Crippen LogP contribution in [-0.4, -0.2) is 16.3 Å². The first-order valence-corrected chi connectivity index (χ1v) is 5.18. The molecule has 0 atom stereocenters. The molecular weight excluding hydrogens is 174 g/mol. The minimum Gasteiger partial charge on any atom is -0.314 e. The van der Waals surface area contributed by atoms with Crippen LogP contribution in [0.15, 0.2) is 12.4 Å². The molecule has 0 bridgehead atoms. The number of hydrogen-bond donors (Lipinski definition) is 0. The Morgan fingerprint density at radius 1 is 1.64 bits per heavy atom. The lowest BCUT2D eigenvalue weighted by Crippen LogP contribution is -2.43. The monoisotopic (exact) mass is 189 g/mol. The van der Waals surface area contributed by atoms with Gasteiger partial charge < -0.3 is 4.85 Å². The van der Waals surface area contributed by atoms with Gasteiger partial charge in [0.2, 0.25) is 6.54 Å². The average molecular weight is 189 g/mol. The molecule has 0 saturated heterocycles. The zero-order chi connectivity index (χ0) is 10.0. The second-order valence-corrected chi connectivity index (χ2v) is 4.04. The predicted molar refractivity (Wildman–Crippen MR) is 54.9 cm³/mol. The fourth-order valence-electron chi connectivity index (χ4n) is 1.99. The molecule has 1 aliphatic carbocycles. The van der Waals surface area contributed by atoms with E-state index in [0.29, 0.717) is 6.54 Å². The summed E-state index contributed by atoms with van der Waals surface area (Å²) in [6, 6.07) is 0. The molecule has 1 saturated carbocycles. The van der Waals surface area contributed by atoms with Crippen LogP contribution in [0.3, 0.4) is 0 Å². The van der Waals surface area contributed by atoms with Gasteiger partial charge >= 0.3 is 0 Å². The van der Waals surface area contributed by atoms with Gasteiger partial charge in [0, 0.05) is 6.20 Å². The first kappa shape index (κ1) is 9.26. The van der Waals surface area contributed by atoms with Crippen molar-refractivity contribution in [2.45, 2.75) is 38.1 Å². The van der Waals surface area contributed by atoms with Gasteiger partial charge in [-0.15, -0.1) is 0 Å². The van der Waals surface area contributed by atoms with Crippen molar-refractivity contribution in [1.82, 2.24) is 9.78 Å². The van der Waals surface area contributed by atoms with E-state index in [2.05, 4.69) is 23.1 Å². The third-order valence-electron chi connectivity index (χ3n) is 3.19. The van der Waals surface area contributed by atoms with Crippen molar-refractivity contribution < 1.29 is 0 Å². The minimum absolute atomic E-state index is 0.0369. The van der Waals surface area contributed by atoms with Crippen LogP contribution in [0, 0.1) is 6.57 Å². The maximum atomic E-state index is 6.98. The number of hydrogen-bond acceptors (Lipinski definition) is 1. The van der Waals surface area contributed by atoms with E-state index in [9.17, 15) is 0 Å².